The second-order valence-corrected chi connectivity index (χ2v) is 4.29. The van der Waals surface area contributed by atoms with Gasteiger partial charge in [0.15, 0.2) is 0 Å². The number of aliphatic hydroxyl groups is 1. The molecule has 1 rings (SSSR count). The fourth-order valence-electron chi connectivity index (χ4n) is 1.52. The number of nitrogens with one attached hydrogen (secondary N) is 1. The van der Waals surface area contributed by atoms with Crippen LogP contribution in [-0.4, -0.2) is 24.2 Å². The number of amides is 1. The molecule has 0 fully saturated rings. The van der Waals surface area contributed by atoms with E-state index in [0.29, 0.717) is 18.5 Å². The second-order valence-electron chi connectivity index (χ2n) is 4.29. The van der Waals surface area contributed by atoms with Crippen molar-refractivity contribution in [1.29, 1.82) is 0 Å². The van der Waals surface area contributed by atoms with E-state index in [1.807, 2.05) is 6.92 Å². The van der Waals surface area contributed by atoms with Crippen LogP contribution in [-0.2, 0) is 0 Å². The summed E-state index contributed by atoms with van der Waals surface area (Å²) in [5, 5.41) is 11.5. The van der Waals surface area contributed by atoms with Crippen LogP contribution in [0.1, 0.15) is 29.3 Å². The Balaban J connectivity index is 2.61. The van der Waals surface area contributed by atoms with E-state index in [2.05, 4.69) is 5.32 Å². The van der Waals surface area contributed by atoms with Gasteiger partial charge >= 0.3 is 0 Å². The predicted molar refractivity (Wildman–Crippen MR) is 64.3 cm³/mol. The van der Waals surface area contributed by atoms with Crippen molar-refractivity contribution in [3.05, 3.63) is 35.1 Å². The summed E-state index contributed by atoms with van der Waals surface area (Å²) in [6, 6.07) is 4.16. The second kappa shape index (κ2) is 6.35. The van der Waals surface area contributed by atoms with Gasteiger partial charge in [-0.05, 0) is 37.0 Å². The lowest BCUT2D eigenvalue weighted by Gasteiger charge is -2.12. The largest absolute Gasteiger partial charge is 0.396 e. The van der Waals surface area contributed by atoms with Crippen LogP contribution in [0.5, 0.6) is 0 Å². The van der Waals surface area contributed by atoms with Crippen molar-refractivity contribution in [3.63, 3.8) is 0 Å². The number of aryl methyl sites for hydroxylation is 1. The molecule has 0 spiro atoms. The minimum Gasteiger partial charge on any atom is -0.396 e. The maximum absolute atomic E-state index is 13.0. The van der Waals surface area contributed by atoms with Crippen LogP contribution in [0.25, 0.3) is 0 Å². The Labute approximate surface area is 101 Å². The lowest BCUT2D eigenvalue weighted by molar-refractivity contribution is 0.0944. The molecule has 4 heteroatoms. The van der Waals surface area contributed by atoms with Crippen LogP contribution >= 0.6 is 0 Å². The van der Waals surface area contributed by atoms with Gasteiger partial charge < -0.3 is 10.4 Å². The standard InChI is InChI=1S/C13H18FNO2/c1-9(5-6-16)8-15-13(17)12-7-11(14)4-3-10(12)2/h3-4,7,9,16H,5-6,8H2,1-2H3,(H,15,17). The summed E-state index contributed by atoms with van der Waals surface area (Å²) in [4.78, 5) is 11.8. The highest BCUT2D eigenvalue weighted by Crippen LogP contribution is 2.10. The van der Waals surface area contributed by atoms with Gasteiger partial charge in [0.1, 0.15) is 5.82 Å². The average molecular weight is 239 g/mol. The minimum absolute atomic E-state index is 0.107. The summed E-state index contributed by atoms with van der Waals surface area (Å²) in [7, 11) is 0. The number of halogens is 1. The average Bonchev–Trinajstić information content (AvgIpc) is 2.29. The van der Waals surface area contributed by atoms with Gasteiger partial charge in [-0.2, -0.15) is 0 Å². The first-order chi connectivity index (χ1) is 8.04. The van der Waals surface area contributed by atoms with Crippen molar-refractivity contribution < 1.29 is 14.3 Å². The summed E-state index contributed by atoms with van der Waals surface area (Å²) < 4.78 is 13.0. The number of rotatable bonds is 5. The summed E-state index contributed by atoms with van der Waals surface area (Å²) >= 11 is 0. The molecule has 3 nitrogen and oxygen atoms in total. The molecule has 1 amide bonds. The van der Waals surface area contributed by atoms with Crippen molar-refractivity contribution >= 4 is 5.91 Å². The lowest BCUT2D eigenvalue weighted by atomic mass is 10.1. The predicted octanol–water partition coefficient (Wildman–Crippen LogP) is 1.88. The van der Waals surface area contributed by atoms with E-state index >= 15 is 0 Å². The van der Waals surface area contributed by atoms with E-state index in [1.165, 1.54) is 12.1 Å². The highest BCUT2D eigenvalue weighted by molar-refractivity contribution is 5.95. The summed E-state index contributed by atoms with van der Waals surface area (Å²) in [5.41, 5.74) is 1.11. The van der Waals surface area contributed by atoms with Gasteiger partial charge in [-0.1, -0.05) is 13.0 Å². The Hall–Kier alpha value is -1.42. The van der Waals surface area contributed by atoms with Crippen LogP contribution in [0.2, 0.25) is 0 Å². The Morgan fingerprint density at radius 3 is 2.88 bits per heavy atom. The molecule has 0 heterocycles. The quantitative estimate of drug-likeness (QED) is 0.824. The van der Waals surface area contributed by atoms with Gasteiger partial charge in [-0.15, -0.1) is 0 Å². The molecule has 1 unspecified atom stereocenters. The van der Waals surface area contributed by atoms with Crippen molar-refractivity contribution in [3.8, 4) is 0 Å². The zero-order valence-electron chi connectivity index (χ0n) is 10.2. The molecule has 0 aliphatic carbocycles. The Bertz CT molecular complexity index is 393. The molecule has 17 heavy (non-hydrogen) atoms. The minimum atomic E-state index is -0.413. The molecule has 1 aromatic carbocycles. The SMILES string of the molecule is Cc1ccc(F)cc1C(=O)NCC(C)CCO. The smallest absolute Gasteiger partial charge is 0.251 e. The van der Waals surface area contributed by atoms with Crippen molar-refractivity contribution in [2.24, 2.45) is 5.92 Å². The fraction of sp³-hybridized carbons (Fsp3) is 0.462. The van der Waals surface area contributed by atoms with Crippen LogP contribution in [0.3, 0.4) is 0 Å². The highest BCUT2D eigenvalue weighted by atomic mass is 19.1. The first-order valence-electron chi connectivity index (χ1n) is 5.69. The molecule has 94 valence electrons. The highest BCUT2D eigenvalue weighted by Gasteiger charge is 2.11. The number of carbonyl (C=O) groups is 1. The molecule has 1 atom stereocenters. The van der Waals surface area contributed by atoms with Crippen LogP contribution in [0.4, 0.5) is 4.39 Å². The van der Waals surface area contributed by atoms with Gasteiger partial charge in [0, 0.05) is 18.7 Å². The van der Waals surface area contributed by atoms with Gasteiger partial charge in [0.25, 0.3) is 5.91 Å². The maximum Gasteiger partial charge on any atom is 0.251 e. The molecule has 2 N–H and O–H groups in total. The topological polar surface area (TPSA) is 49.3 Å². The van der Waals surface area contributed by atoms with E-state index in [-0.39, 0.29) is 18.4 Å². The molecular weight excluding hydrogens is 221 g/mol. The van der Waals surface area contributed by atoms with Gasteiger partial charge in [-0.25, -0.2) is 4.39 Å². The van der Waals surface area contributed by atoms with Gasteiger partial charge in [0.2, 0.25) is 0 Å². The molecular formula is C13H18FNO2. The van der Waals surface area contributed by atoms with Crippen molar-refractivity contribution in [2.75, 3.05) is 13.2 Å². The zero-order chi connectivity index (χ0) is 12.8. The lowest BCUT2D eigenvalue weighted by Crippen LogP contribution is -2.29. The Morgan fingerprint density at radius 1 is 1.53 bits per heavy atom. The zero-order valence-corrected chi connectivity index (χ0v) is 10.2. The summed E-state index contributed by atoms with van der Waals surface area (Å²) in [5.74, 6) is -0.478. The molecule has 0 radical (unpaired) electrons. The van der Waals surface area contributed by atoms with E-state index in [1.54, 1.807) is 13.0 Å². The fourth-order valence-corrected chi connectivity index (χ4v) is 1.52. The molecule has 0 saturated carbocycles. The number of carbonyl (C=O) groups excluding carboxylic acids is 1. The monoisotopic (exact) mass is 239 g/mol. The number of hydrogen-bond acceptors (Lipinski definition) is 2. The molecule has 0 aromatic heterocycles. The Morgan fingerprint density at radius 2 is 2.24 bits per heavy atom. The molecule has 1 aromatic rings. The third-order valence-electron chi connectivity index (χ3n) is 2.68. The van der Waals surface area contributed by atoms with Crippen LogP contribution in [0.15, 0.2) is 18.2 Å². The van der Waals surface area contributed by atoms with Crippen LogP contribution < -0.4 is 5.32 Å². The molecule has 0 bridgehead atoms. The summed E-state index contributed by atoms with van der Waals surface area (Å²) in [6.45, 7) is 4.30. The third-order valence-corrected chi connectivity index (χ3v) is 2.68. The molecule has 0 aliphatic rings. The van der Waals surface area contributed by atoms with Crippen LogP contribution in [0, 0.1) is 18.7 Å². The third kappa shape index (κ3) is 4.15. The number of aliphatic hydroxyl groups excluding tert-OH is 1. The van der Waals surface area contributed by atoms with E-state index < -0.39 is 5.82 Å². The van der Waals surface area contributed by atoms with Crippen molar-refractivity contribution in [2.45, 2.75) is 20.3 Å². The van der Waals surface area contributed by atoms with Gasteiger partial charge in [-0.3, -0.25) is 4.79 Å². The molecule has 0 aliphatic heterocycles. The first-order valence-corrected chi connectivity index (χ1v) is 5.69. The Kier molecular flexibility index (Phi) is 5.10. The van der Waals surface area contributed by atoms with E-state index in [4.69, 9.17) is 5.11 Å². The van der Waals surface area contributed by atoms with E-state index in [0.717, 1.165) is 5.56 Å². The number of hydrogen-bond donors (Lipinski definition) is 2. The number of benzene rings is 1. The molecule has 0 saturated heterocycles. The van der Waals surface area contributed by atoms with Gasteiger partial charge in [0.05, 0.1) is 0 Å². The van der Waals surface area contributed by atoms with Crippen molar-refractivity contribution in [1.82, 2.24) is 5.32 Å². The van der Waals surface area contributed by atoms with E-state index in [9.17, 15) is 9.18 Å². The first kappa shape index (κ1) is 13.6. The summed E-state index contributed by atoms with van der Waals surface area (Å²) in [6.07, 6.45) is 0.641. The maximum atomic E-state index is 13.0. The normalized spacial score (nSPS) is 12.2.